The van der Waals surface area contributed by atoms with Gasteiger partial charge in [-0.1, -0.05) is 48.7 Å². The molecule has 1 N–H and O–H groups in total. The van der Waals surface area contributed by atoms with E-state index in [1.807, 2.05) is 38.1 Å². The maximum atomic E-state index is 12.5. The maximum Gasteiger partial charge on any atom is 0.243 e. The highest BCUT2D eigenvalue weighted by molar-refractivity contribution is 7.99. The molecule has 1 aromatic heterocycles. The molecule has 1 heterocycles. The van der Waals surface area contributed by atoms with Gasteiger partial charge in [0.05, 0.1) is 12.3 Å². The number of anilines is 1. The molecule has 0 unspecified atom stereocenters. The Morgan fingerprint density at radius 2 is 1.83 bits per heavy atom. The number of likely N-dealkylation sites (N-methyl/N-ethyl adjacent to an activating group) is 1. The number of aryl methyl sites for hydroxylation is 2. The van der Waals surface area contributed by atoms with Gasteiger partial charge >= 0.3 is 0 Å². The van der Waals surface area contributed by atoms with Gasteiger partial charge in [-0.15, -0.1) is 10.2 Å². The topological polar surface area (TPSA) is 80.1 Å². The van der Waals surface area contributed by atoms with E-state index < -0.39 is 0 Å². The van der Waals surface area contributed by atoms with Crippen LogP contribution in [0.1, 0.15) is 49.5 Å². The van der Waals surface area contributed by atoms with Gasteiger partial charge in [-0.2, -0.15) is 0 Å². The van der Waals surface area contributed by atoms with Crippen LogP contribution in [0.3, 0.4) is 0 Å². The Hall–Kier alpha value is -2.35. The number of carbonyl (C=O) groups excluding carboxylic acids is 2. The van der Waals surface area contributed by atoms with Crippen LogP contribution >= 0.6 is 11.8 Å². The zero-order valence-electron chi connectivity index (χ0n) is 17.4. The van der Waals surface area contributed by atoms with E-state index in [0.717, 1.165) is 35.1 Å². The molecule has 3 rings (SSSR count). The second-order valence-electron chi connectivity index (χ2n) is 7.64. The van der Waals surface area contributed by atoms with Crippen LogP contribution in [0.4, 0.5) is 5.69 Å². The molecule has 156 valence electrons. The number of carbonyl (C=O) groups is 2. The molecule has 0 radical (unpaired) electrons. The van der Waals surface area contributed by atoms with E-state index in [9.17, 15) is 9.59 Å². The number of nitrogens with one attached hydrogen (secondary N) is 1. The molecule has 2 amide bonds. The van der Waals surface area contributed by atoms with Gasteiger partial charge < -0.3 is 14.8 Å². The molecule has 1 aromatic carbocycles. The molecule has 2 aromatic rings. The van der Waals surface area contributed by atoms with Crippen molar-refractivity contribution in [3.05, 3.63) is 35.7 Å². The highest BCUT2D eigenvalue weighted by Gasteiger charge is 2.22. The lowest BCUT2D eigenvalue weighted by Gasteiger charge is -2.25. The lowest BCUT2D eigenvalue weighted by atomic mass is 9.95. The largest absolute Gasteiger partial charge is 0.336 e. The summed E-state index contributed by atoms with van der Waals surface area (Å²) in [6.07, 6.45) is 6.02. The summed E-state index contributed by atoms with van der Waals surface area (Å²) in [4.78, 5) is 26.2. The van der Waals surface area contributed by atoms with Crippen LogP contribution in [-0.4, -0.2) is 50.8 Å². The van der Waals surface area contributed by atoms with Crippen molar-refractivity contribution in [2.75, 3.05) is 24.7 Å². The number of benzene rings is 1. The summed E-state index contributed by atoms with van der Waals surface area (Å²) in [5.74, 6) is 0.817. The number of amides is 2. The van der Waals surface area contributed by atoms with Gasteiger partial charge in [-0.3, -0.25) is 9.59 Å². The van der Waals surface area contributed by atoms with Crippen molar-refractivity contribution in [2.24, 2.45) is 0 Å². The average Bonchev–Trinajstić information content (AvgIpc) is 3.08. The molecule has 1 aliphatic carbocycles. The van der Waals surface area contributed by atoms with Gasteiger partial charge in [-0.25, -0.2) is 0 Å². The Balaban J connectivity index is 1.51. The van der Waals surface area contributed by atoms with E-state index in [0.29, 0.717) is 6.04 Å². The monoisotopic (exact) mass is 415 g/mol. The molecule has 0 bridgehead atoms. The van der Waals surface area contributed by atoms with Gasteiger partial charge in [0.1, 0.15) is 5.82 Å². The summed E-state index contributed by atoms with van der Waals surface area (Å²) in [6.45, 7) is 3.98. The first-order valence-corrected chi connectivity index (χ1v) is 11.1. The highest BCUT2D eigenvalue weighted by atomic mass is 32.2. The van der Waals surface area contributed by atoms with Crippen LogP contribution in [0.2, 0.25) is 0 Å². The third-order valence-electron chi connectivity index (χ3n) is 5.24. The molecular formula is C21H29N5O2S. The molecule has 0 aliphatic heterocycles. The zero-order valence-corrected chi connectivity index (χ0v) is 18.2. The van der Waals surface area contributed by atoms with Crippen LogP contribution in [0, 0.1) is 13.8 Å². The van der Waals surface area contributed by atoms with Crippen molar-refractivity contribution in [1.82, 2.24) is 19.7 Å². The van der Waals surface area contributed by atoms with Gasteiger partial charge in [-0.05, 0) is 38.8 Å². The summed E-state index contributed by atoms with van der Waals surface area (Å²) in [6, 6.07) is 8.00. The summed E-state index contributed by atoms with van der Waals surface area (Å²) >= 11 is 1.40. The lowest BCUT2D eigenvalue weighted by molar-refractivity contribution is -0.131. The SMILES string of the molecule is Cc1ccc(NC(=O)CN(C)C(=O)CSc2nnc(C)n2C2CCCCC2)cc1. The Kier molecular flexibility index (Phi) is 7.30. The number of thioether (sulfide) groups is 1. The Labute approximate surface area is 176 Å². The molecule has 29 heavy (non-hydrogen) atoms. The smallest absolute Gasteiger partial charge is 0.243 e. The molecule has 1 fully saturated rings. The van der Waals surface area contributed by atoms with E-state index in [4.69, 9.17) is 0 Å². The minimum absolute atomic E-state index is 0.0155. The fourth-order valence-electron chi connectivity index (χ4n) is 3.59. The van der Waals surface area contributed by atoms with Crippen molar-refractivity contribution in [1.29, 1.82) is 0 Å². The first-order valence-electron chi connectivity index (χ1n) is 10.1. The molecule has 1 saturated carbocycles. The fraction of sp³-hybridized carbons (Fsp3) is 0.524. The van der Waals surface area contributed by atoms with Crippen molar-refractivity contribution in [3.63, 3.8) is 0 Å². The molecule has 0 spiro atoms. The third-order valence-corrected chi connectivity index (χ3v) is 6.17. The van der Waals surface area contributed by atoms with Crippen LogP contribution in [-0.2, 0) is 9.59 Å². The Morgan fingerprint density at radius 3 is 2.52 bits per heavy atom. The summed E-state index contributed by atoms with van der Waals surface area (Å²) in [5.41, 5.74) is 1.86. The minimum atomic E-state index is -0.212. The van der Waals surface area contributed by atoms with E-state index in [2.05, 4.69) is 20.1 Å². The van der Waals surface area contributed by atoms with Gasteiger partial charge in [0.25, 0.3) is 0 Å². The molecule has 0 atom stereocenters. The number of nitrogens with zero attached hydrogens (tertiary/aromatic N) is 4. The molecular weight excluding hydrogens is 386 g/mol. The van der Waals surface area contributed by atoms with Gasteiger partial charge in [0, 0.05) is 18.8 Å². The van der Waals surface area contributed by atoms with Gasteiger partial charge in [0.2, 0.25) is 11.8 Å². The highest BCUT2D eigenvalue weighted by Crippen LogP contribution is 2.32. The van der Waals surface area contributed by atoms with Crippen LogP contribution in [0.5, 0.6) is 0 Å². The van der Waals surface area contributed by atoms with Crippen LogP contribution in [0.15, 0.2) is 29.4 Å². The van der Waals surface area contributed by atoms with E-state index in [-0.39, 0.29) is 24.1 Å². The van der Waals surface area contributed by atoms with E-state index in [1.165, 1.54) is 35.9 Å². The standard InChI is InChI=1S/C21H29N5O2S/c1-15-9-11-17(12-10-15)22-19(27)13-25(3)20(28)14-29-21-24-23-16(2)26(21)18-7-5-4-6-8-18/h9-12,18H,4-8,13-14H2,1-3H3,(H,22,27). The number of rotatable bonds is 7. The second-order valence-corrected chi connectivity index (χ2v) is 8.59. The maximum absolute atomic E-state index is 12.5. The lowest BCUT2D eigenvalue weighted by Crippen LogP contribution is -2.36. The van der Waals surface area contributed by atoms with E-state index in [1.54, 1.807) is 7.05 Å². The van der Waals surface area contributed by atoms with Gasteiger partial charge in [0.15, 0.2) is 5.16 Å². The predicted molar refractivity (Wildman–Crippen MR) is 115 cm³/mol. The molecule has 7 nitrogen and oxygen atoms in total. The second kappa shape index (κ2) is 9.91. The zero-order chi connectivity index (χ0) is 20.8. The normalized spacial score (nSPS) is 14.6. The number of aromatic nitrogens is 3. The predicted octanol–water partition coefficient (Wildman–Crippen LogP) is 3.59. The van der Waals surface area contributed by atoms with E-state index >= 15 is 0 Å². The Morgan fingerprint density at radius 1 is 1.14 bits per heavy atom. The van der Waals surface area contributed by atoms with Crippen molar-refractivity contribution < 1.29 is 9.59 Å². The van der Waals surface area contributed by atoms with Crippen molar-refractivity contribution in [2.45, 2.75) is 57.1 Å². The van der Waals surface area contributed by atoms with Crippen LogP contribution < -0.4 is 5.32 Å². The summed E-state index contributed by atoms with van der Waals surface area (Å²) in [5, 5.41) is 12.1. The average molecular weight is 416 g/mol. The molecule has 8 heteroatoms. The minimum Gasteiger partial charge on any atom is -0.336 e. The summed E-state index contributed by atoms with van der Waals surface area (Å²) < 4.78 is 2.18. The molecule has 0 saturated heterocycles. The van der Waals surface area contributed by atoms with Crippen molar-refractivity contribution in [3.8, 4) is 0 Å². The Bertz CT molecular complexity index is 843. The van der Waals surface area contributed by atoms with Crippen molar-refractivity contribution >= 4 is 29.3 Å². The first-order chi connectivity index (χ1) is 13.9. The number of hydrogen-bond acceptors (Lipinski definition) is 5. The quantitative estimate of drug-likeness (QED) is 0.699. The first kappa shape index (κ1) is 21.4. The fourth-order valence-corrected chi connectivity index (χ4v) is 4.58. The number of hydrogen-bond donors (Lipinski definition) is 1. The molecule has 1 aliphatic rings. The van der Waals surface area contributed by atoms with Crippen LogP contribution in [0.25, 0.3) is 0 Å². The third kappa shape index (κ3) is 5.82. The summed E-state index contributed by atoms with van der Waals surface area (Å²) in [7, 11) is 1.65.